The molecule has 3 rings (SSSR count). The number of hydrogen-bond acceptors (Lipinski definition) is 5. The SMILES string of the molecule is CN=c1scc(-c2ccc(F)cc2)n1N=C(C)c1ccc(OC)cc1O. The average Bonchev–Trinajstić information content (AvgIpc) is 3.04. The van der Waals surface area contributed by atoms with Gasteiger partial charge in [-0.05, 0) is 43.3 Å². The van der Waals surface area contributed by atoms with Crippen molar-refractivity contribution in [1.29, 1.82) is 0 Å². The van der Waals surface area contributed by atoms with Crippen LogP contribution in [-0.4, -0.2) is 29.7 Å². The minimum absolute atomic E-state index is 0.0831. The van der Waals surface area contributed by atoms with E-state index in [1.54, 1.807) is 56.1 Å². The fourth-order valence-corrected chi connectivity index (χ4v) is 3.31. The monoisotopic (exact) mass is 371 g/mol. The molecule has 0 fully saturated rings. The van der Waals surface area contributed by atoms with E-state index in [9.17, 15) is 9.50 Å². The Morgan fingerprint density at radius 2 is 1.92 bits per heavy atom. The van der Waals surface area contributed by atoms with Gasteiger partial charge in [-0.15, -0.1) is 11.3 Å². The Labute approximate surface area is 154 Å². The van der Waals surface area contributed by atoms with Crippen molar-refractivity contribution in [3.05, 3.63) is 64.0 Å². The van der Waals surface area contributed by atoms with E-state index >= 15 is 0 Å². The van der Waals surface area contributed by atoms with E-state index in [-0.39, 0.29) is 11.6 Å². The molecule has 0 spiro atoms. The van der Waals surface area contributed by atoms with Crippen molar-refractivity contribution < 1.29 is 14.2 Å². The number of thiazole rings is 1. The summed E-state index contributed by atoms with van der Waals surface area (Å²) in [6, 6.07) is 11.3. The number of nitrogens with zero attached hydrogens (tertiary/aromatic N) is 3. The summed E-state index contributed by atoms with van der Waals surface area (Å²) in [6.07, 6.45) is 0. The Hall–Kier alpha value is -2.93. The molecule has 1 aromatic heterocycles. The third-order valence-electron chi connectivity index (χ3n) is 3.86. The van der Waals surface area contributed by atoms with E-state index in [4.69, 9.17) is 4.74 Å². The molecule has 5 nitrogen and oxygen atoms in total. The van der Waals surface area contributed by atoms with Gasteiger partial charge in [0.15, 0.2) is 0 Å². The van der Waals surface area contributed by atoms with Crippen LogP contribution < -0.4 is 9.54 Å². The van der Waals surface area contributed by atoms with Crippen LogP contribution in [-0.2, 0) is 0 Å². The number of rotatable bonds is 4. The number of ether oxygens (including phenoxy) is 1. The maximum absolute atomic E-state index is 13.2. The van der Waals surface area contributed by atoms with Gasteiger partial charge in [0.05, 0.1) is 18.5 Å². The van der Waals surface area contributed by atoms with Crippen LogP contribution >= 0.6 is 11.3 Å². The molecule has 0 unspecified atom stereocenters. The molecule has 0 bridgehead atoms. The summed E-state index contributed by atoms with van der Waals surface area (Å²) in [5.41, 5.74) is 2.83. The van der Waals surface area contributed by atoms with Crippen molar-refractivity contribution in [1.82, 2.24) is 4.68 Å². The Kier molecular flexibility index (Phi) is 5.18. The first-order chi connectivity index (χ1) is 12.5. The standard InChI is InChI=1S/C19H18FN3O2S/c1-12(16-9-8-15(25-3)10-18(16)24)22-23-17(11-26-19(23)21-2)13-4-6-14(20)7-5-13/h4-11,24H,1-3H3. The van der Waals surface area contributed by atoms with Crippen molar-refractivity contribution in [3.8, 4) is 22.8 Å². The van der Waals surface area contributed by atoms with Crippen LogP contribution in [0.5, 0.6) is 11.5 Å². The van der Waals surface area contributed by atoms with Crippen molar-refractivity contribution in [2.75, 3.05) is 14.2 Å². The minimum Gasteiger partial charge on any atom is -0.507 e. The maximum Gasteiger partial charge on any atom is 0.205 e. The lowest BCUT2D eigenvalue weighted by Gasteiger charge is -2.08. The van der Waals surface area contributed by atoms with Gasteiger partial charge in [0, 0.05) is 29.6 Å². The Morgan fingerprint density at radius 3 is 2.54 bits per heavy atom. The number of methoxy groups -OCH3 is 1. The number of aromatic hydroxyl groups is 1. The Balaban J connectivity index is 2.10. The normalized spacial score (nSPS) is 12.5. The fraction of sp³-hybridized carbons (Fsp3) is 0.158. The zero-order valence-electron chi connectivity index (χ0n) is 14.6. The second-order valence-electron chi connectivity index (χ2n) is 5.51. The molecular weight excluding hydrogens is 353 g/mol. The fourth-order valence-electron chi connectivity index (χ4n) is 2.51. The average molecular weight is 371 g/mol. The smallest absolute Gasteiger partial charge is 0.205 e. The summed E-state index contributed by atoms with van der Waals surface area (Å²) in [6.45, 7) is 1.81. The second kappa shape index (κ2) is 7.53. The van der Waals surface area contributed by atoms with Crippen molar-refractivity contribution in [2.45, 2.75) is 6.92 Å². The van der Waals surface area contributed by atoms with Crippen molar-refractivity contribution in [3.63, 3.8) is 0 Å². The molecule has 0 radical (unpaired) electrons. The highest BCUT2D eigenvalue weighted by molar-refractivity contribution is 7.07. The van der Waals surface area contributed by atoms with Gasteiger partial charge in [-0.3, -0.25) is 4.99 Å². The number of halogens is 1. The lowest BCUT2D eigenvalue weighted by molar-refractivity contribution is 0.407. The van der Waals surface area contributed by atoms with Gasteiger partial charge in [-0.1, -0.05) is 0 Å². The zero-order valence-corrected chi connectivity index (χ0v) is 15.4. The topological polar surface area (TPSA) is 59.1 Å². The molecule has 26 heavy (non-hydrogen) atoms. The molecule has 7 heteroatoms. The molecule has 0 atom stereocenters. The van der Waals surface area contributed by atoms with E-state index < -0.39 is 0 Å². The number of phenolic OH excluding ortho intramolecular Hbond substituents is 1. The molecule has 1 heterocycles. The summed E-state index contributed by atoms with van der Waals surface area (Å²) in [4.78, 5) is 4.94. The van der Waals surface area contributed by atoms with E-state index in [1.807, 2.05) is 5.38 Å². The zero-order chi connectivity index (χ0) is 18.7. The van der Waals surface area contributed by atoms with Gasteiger partial charge in [0.25, 0.3) is 0 Å². The van der Waals surface area contributed by atoms with Crippen LogP contribution in [0.2, 0.25) is 0 Å². The van der Waals surface area contributed by atoms with Crippen molar-refractivity contribution >= 4 is 17.0 Å². The van der Waals surface area contributed by atoms with Crippen molar-refractivity contribution in [2.24, 2.45) is 10.1 Å². The van der Waals surface area contributed by atoms with Crippen LogP contribution in [0.15, 0.2) is 57.9 Å². The number of phenols is 1. The molecule has 0 amide bonds. The first-order valence-corrected chi connectivity index (χ1v) is 8.73. The third-order valence-corrected chi connectivity index (χ3v) is 4.77. The molecule has 1 N–H and O–H groups in total. The van der Waals surface area contributed by atoms with E-state index in [0.717, 1.165) is 11.3 Å². The predicted octanol–water partition coefficient (Wildman–Crippen LogP) is 3.87. The summed E-state index contributed by atoms with van der Waals surface area (Å²) >= 11 is 1.44. The van der Waals surface area contributed by atoms with Crippen LogP contribution in [0.25, 0.3) is 11.3 Å². The van der Waals surface area contributed by atoms with E-state index in [2.05, 4.69) is 10.1 Å². The Morgan fingerprint density at radius 1 is 1.19 bits per heavy atom. The molecule has 0 aliphatic rings. The highest BCUT2D eigenvalue weighted by Crippen LogP contribution is 2.25. The molecule has 3 aromatic rings. The highest BCUT2D eigenvalue weighted by Gasteiger charge is 2.11. The first-order valence-electron chi connectivity index (χ1n) is 7.85. The highest BCUT2D eigenvalue weighted by atomic mass is 32.1. The Bertz CT molecular complexity index is 1020. The van der Waals surface area contributed by atoms with Crippen LogP contribution in [0.1, 0.15) is 12.5 Å². The molecule has 0 saturated carbocycles. The van der Waals surface area contributed by atoms with Gasteiger partial charge in [0.2, 0.25) is 4.80 Å². The van der Waals surface area contributed by atoms with Gasteiger partial charge in [-0.25, -0.2) is 9.07 Å². The summed E-state index contributed by atoms with van der Waals surface area (Å²) < 4.78 is 20.0. The molecule has 0 aliphatic heterocycles. The van der Waals surface area contributed by atoms with Gasteiger partial charge >= 0.3 is 0 Å². The number of hydrogen-bond donors (Lipinski definition) is 1. The second-order valence-corrected chi connectivity index (χ2v) is 6.35. The molecular formula is C19H18FN3O2S. The van der Waals surface area contributed by atoms with E-state index in [0.29, 0.717) is 21.8 Å². The molecule has 134 valence electrons. The molecule has 0 aliphatic carbocycles. The summed E-state index contributed by atoms with van der Waals surface area (Å²) in [5.74, 6) is 0.358. The quantitative estimate of drug-likeness (QED) is 0.708. The van der Waals surface area contributed by atoms with E-state index in [1.165, 1.54) is 23.5 Å². The molecule has 2 aromatic carbocycles. The van der Waals surface area contributed by atoms with Crippen LogP contribution in [0.3, 0.4) is 0 Å². The van der Waals surface area contributed by atoms with Gasteiger partial charge in [-0.2, -0.15) is 5.10 Å². The summed E-state index contributed by atoms with van der Waals surface area (Å²) in [7, 11) is 3.23. The lowest BCUT2D eigenvalue weighted by Crippen LogP contribution is -2.13. The minimum atomic E-state index is -0.293. The summed E-state index contributed by atoms with van der Waals surface area (Å²) in [5, 5.41) is 16.8. The van der Waals surface area contributed by atoms with Crippen LogP contribution in [0, 0.1) is 5.82 Å². The third kappa shape index (κ3) is 3.52. The lowest BCUT2D eigenvalue weighted by atomic mass is 10.1. The maximum atomic E-state index is 13.2. The number of aromatic nitrogens is 1. The first kappa shape index (κ1) is 17.9. The number of benzene rings is 2. The van der Waals surface area contributed by atoms with Gasteiger partial charge < -0.3 is 9.84 Å². The van der Waals surface area contributed by atoms with Gasteiger partial charge in [0.1, 0.15) is 17.3 Å². The molecule has 0 saturated heterocycles. The predicted molar refractivity (Wildman–Crippen MR) is 101 cm³/mol. The van der Waals surface area contributed by atoms with Crippen LogP contribution in [0.4, 0.5) is 4.39 Å². The largest absolute Gasteiger partial charge is 0.507 e.